The quantitative estimate of drug-likeness (QED) is 0.662. The van der Waals surface area contributed by atoms with Gasteiger partial charge in [-0.3, -0.25) is 0 Å². The average molecular weight is 316 g/mol. The largest absolute Gasteiger partial charge is 0.393 e. The first-order valence-electron chi connectivity index (χ1n) is 9.97. The van der Waals surface area contributed by atoms with Crippen molar-refractivity contribution in [3.63, 3.8) is 0 Å². The van der Waals surface area contributed by atoms with Crippen LogP contribution in [0.3, 0.4) is 0 Å². The van der Waals surface area contributed by atoms with Crippen molar-refractivity contribution in [3.8, 4) is 0 Å². The fourth-order valence-corrected chi connectivity index (χ4v) is 8.38. The Hall–Kier alpha value is -0.340. The van der Waals surface area contributed by atoms with Crippen LogP contribution in [0.25, 0.3) is 0 Å². The summed E-state index contributed by atoms with van der Waals surface area (Å²) in [5.74, 6) is 3.10. The first-order valence-corrected chi connectivity index (χ1v) is 9.97. The Morgan fingerprint density at radius 1 is 1.04 bits per heavy atom. The summed E-state index contributed by atoms with van der Waals surface area (Å²) >= 11 is 0. The molecular weight excluding hydrogens is 284 g/mol. The summed E-state index contributed by atoms with van der Waals surface area (Å²) in [5, 5.41) is 20.7. The minimum Gasteiger partial charge on any atom is -0.393 e. The Kier molecular flexibility index (Phi) is 2.88. The highest BCUT2D eigenvalue weighted by atomic mass is 16.3. The molecular formula is C21H32O2. The van der Waals surface area contributed by atoms with E-state index in [2.05, 4.69) is 19.9 Å². The van der Waals surface area contributed by atoms with E-state index in [0.29, 0.717) is 16.7 Å². The number of rotatable bonds is 0. The molecule has 23 heavy (non-hydrogen) atoms. The molecule has 8 atom stereocenters. The molecule has 2 N–H and O–H groups in total. The summed E-state index contributed by atoms with van der Waals surface area (Å²) in [7, 11) is 0. The van der Waals surface area contributed by atoms with Gasteiger partial charge in [0.1, 0.15) is 0 Å². The lowest BCUT2D eigenvalue weighted by molar-refractivity contribution is -0.213. The van der Waals surface area contributed by atoms with Crippen molar-refractivity contribution < 1.29 is 10.2 Å². The normalized spacial score (nSPS) is 60.7. The number of allylic oxidation sites excluding steroid dienone is 1. The van der Waals surface area contributed by atoms with Gasteiger partial charge in [-0.15, -0.1) is 0 Å². The number of fused-ring (bicyclic) bond motifs is 4. The molecule has 2 heteroatoms. The molecule has 5 aliphatic rings. The van der Waals surface area contributed by atoms with Crippen LogP contribution in [0.4, 0.5) is 0 Å². The van der Waals surface area contributed by atoms with E-state index in [0.717, 1.165) is 37.0 Å². The second kappa shape index (κ2) is 4.43. The third-order valence-electron chi connectivity index (χ3n) is 9.23. The highest BCUT2D eigenvalue weighted by molar-refractivity contribution is 5.27. The SMILES string of the molecule is C[C@]12CC[C@@H](O)CC1=CC[C@H]1[C@@H]3CC[C@H]4[C@]3(CC[C@@H]12)C[C@@]4(C)O. The maximum Gasteiger partial charge on any atom is 0.0658 e. The molecule has 0 bridgehead atoms. The van der Waals surface area contributed by atoms with Crippen LogP contribution >= 0.6 is 0 Å². The van der Waals surface area contributed by atoms with E-state index in [-0.39, 0.29) is 11.7 Å². The van der Waals surface area contributed by atoms with E-state index >= 15 is 0 Å². The Morgan fingerprint density at radius 2 is 1.87 bits per heavy atom. The molecule has 5 rings (SSSR count). The lowest BCUT2D eigenvalue weighted by Crippen LogP contribution is -2.63. The summed E-state index contributed by atoms with van der Waals surface area (Å²) in [5.41, 5.74) is 2.04. The molecule has 0 radical (unpaired) electrons. The number of aliphatic hydroxyl groups is 2. The highest BCUT2D eigenvalue weighted by Crippen LogP contribution is 2.74. The minimum absolute atomic E-state index is 0.0987. The van der Waals surface area contributed by atoms with E-state index in [1.807, 2.05) is 0 Å². The smallest absolute Gasteiger partial charge is 0.0658 e. The first kappa shape index (κ1) is 15.0. The van der Waals surface area contributed by atoms with Crippen LogP contribution in [0, 0.1) is 34.5 Å². The van der Waals surface area contributed by atoms with Gasteiger partial charge in [-0.1, -0.05) is 18.6 Å². The summed E-state index contributed by atoms with van der Waals surface area (Å²) < 4.78 is 0. The van der Waals surface area contributed by atoms with Gasteiger partial charge in [0.15, 0.2) is 0 Å². The molecule has 4 saturated carbocycles. The van der Waals surface area contributed by atoms with Gasteiger partial charge in [0.25, 0.3) is 0 Å². The molecule has 5 aliphatic carbocycles. The van der Waals surface area contributed by atoms with Crippen LogP contribution in [0.1, 0.15) is 71.6 Å². The van der Waals surface area contributed by atoms with E-state index in [4.69, 9.17) is 0 Å². The molecule has 2 nitrogen and oxygen atoms in total. The lowest BCUT2D eigenvalue weighted by atomic mass is 9.41. The maximum absolute atomic E-state index is 10.6. The summed E-state index contributed by atoms with van der Waals surface area (Å²) in [6.45, 7) is 4.59. The van der Waals surface area contributed by atoms with Crippen LogP contribution in [0.2, 0.25) is 0 Å². The van der Waals surface area contributed by atoms with Gasteiger partial charge in [-0.25, -0.2) is 0 Å². The number of aliphatic hydroxyl groups excluding tert-OH is 1. The Bertz CT molecular complexity index is 564. The second-order valence-electron chi connectivity index (χ2n) is 10.1. The van der Waals surface area contributed by atoms with Gasteiger partial charge in [-0.05, 0) is 99.2 Å². The summed E-state index contributed by atoms with van der Waals surface area (Å²) in [6, 6.07) is 0. The van der Waals surface area contributed by atoms with Crippen molar-refractivity contribution in [1.82, 2.24) is 0 Å². The van der Waals surface area contributed by atoms with Crippen molar-refractivity contribution in [1.29, 1.82) is 0 Å². The molecule has 0 heterocycles. The van der Waals surface area contributed by atoms with Crippen molar-refractivity contribution in [2.24, 2.45) is 34.5 Å². The fourth-order valence-electron chi connectivity index (χ4n) is 8.38. The average Bonchev–Trinajstić information content (AvgIpc) is 2.82. The maximum atomic E-state index is 10.6. The summed E-state index contributed by atoms with van der Waals surface area (Å²) in [6.07, 6.45) is 13.1. The zero-order valence-corrected chi connectivity index (χ0v) is 14.7. The molecule has 0 aromatic heterocycles. The van der Waals surface area contributed by atoms with E-state index < -0.39 is 0 Å². The van der Waals surface area contributed by atoms with Gasteiger partial charge in [0, 0.05) is 0 Å². The van der Waals surface area contributed by atoms with E-state index in [1.54, 1.807) is 5.57 Å². The molecule has 0 unspecified atom stereocenters. The van der Waals surface area contributed by atoms with E-state index in [1.165, 1.54) is 38.5 Å². The van der Waals surface area contributed by atoms with Crippen molar-refractivity contribution >= 4 is 0 Å². The second-order valence-corrected chi connectivity index (χ2v) is 10.1. The third kappa shape index (κ3) is 1.73. The highest BCUT2D eigenvalue weighted by Gasteiger charge is 2.69. The van der Waals surface area contributed by atoms with Crippen molar-refractivity contribution in [2.75, 3.05) is 0 Å². The Morgan fingerprint density at radius 3 is 2.65 bits per heavy atom. The Balaban J connectivity index is 1.48. The van der Waals surface area contributed by atoms with Crippen LogP contribution in [-0.2, 0) is 0 Å². The summed E-state index contributed by atoms with van der Waals surface area (Å²) in [4.78, 5) is 0. The molecule has 0 aromatic rings. The molecule has 0 saturated heterocycles. The predicted molar refractivity (Wildman–Crippen MR) is 90.8 cm³/mol. The van der Waals surface area contributed by atoms with Crippen LogP contribution in [-0.4, -0.2) is 21.9 Å². The van der Waals surface area contributed by atoms with Crippen molar-refractivity contribution in [3.05, 3.63) is 11.6 Å². The van der Waals surface area contributed by atoms with Crippen LogP contribution < -0.4 is 0 Å². The zero-order chi connectivity index (χ0) is 16.0. The monoisotopic (exact) mass is 316 g/mol. The van der Waals surface area contributed by atoms with Crippen LogP contribution in [0.5, 0.6) is 0 Å². The van der Waals surface area contributed by atoms with Crippen LogP contribution in [0.15, 0.2) is 11.6 Å². The minimum atomic E-state index is -0.379. The third-order valence-corrected chi connectivity index (χ3v) is 9.23. The predicted octanol–water partition coefficient (Wildman–Crippen LogP) is 4.06. The molecule has 128 valence electrons. The molecule has 0 aromatic carbocycles. The molecule has 1 spiro atoms. The lowest BCUT2D eigenvalue weighted by Gasteiger charge is -2.65. The fraction of sp³-hybridized carbons (Fsp3) is 0.905. The number of hydrogen-bond donors (Lipinski definition) is 2. The first-order chi connectivity index (χ1) is 10.9. The molecule has 0 amide bonds. The standard InChI is InChI=1S/C21H32O2/c1-19-9-7-14(22)11-13(19)3-4-15-16(19)8-10-21-12-20(2,23)18(21)6-5-17(15)21/h3,14-18,22-23H,4-12H2,1-2H3/t14-,15-,16+,17+,18-,19+,20-,21-/m1/s1. The van der Waals surface area contributed by atoms with Gasteiger partial charge in [-0.2, -0.15) is 0 Å². The molecule has 4 fully saturated rings. The van der Waals surface area contributed by atoms with Gasteiger partial charge in [0.2, 0.25) is 0 Å². The Labute approximate surface area is 140 Å². The van der Waals surface area contributed by atoms with Gasteiger partial charge >= 0.3 is 0 Å². The number of hydrogen-bond acceptors (Lipinski definition) is 2. The van der Waals surface area contributed by atoms with Gasteiger partial charge in [0.05, 0.1) is 11.7 Å². The zero-order valence-electron chi connectivity index (χ0n) is 14.7. The van der Waals surface area contributed by atoms with Gasteiger partial charge < -0.3 is 10.2 Å². The molecule has 0 aliphatic heterocycles. The van der Waals surface area contributed by atoms with Crippen molar-refractivity contribution in [2.45, 2.75) is 83.3 Å². The topological polar surface area (TPSA) is 40.5 Å². The van der Waals surface area contributed by atoms with E-state index in [9.17, 15) is 10.2 Å².